The third kappa shape index (κ3) is 23.6. The van der Waals surface area contributed by atoms with Gasteiger partial charge in [0.15, 0.2) is 0 Å². The first kappa shape index (κ1) is 34.6. The molecule has 6 heteroatoms. The van der Waals surface area contributed by atoms with Gasteiger partial charge < -0.3 is 1.43 Å². The first-order chi connectivity index (χ1) is 15.0. The fraction of sp³-hybridized carbons (Fsp3) is 1.00. The zero-order valence-electron chi connectivity index (χ0n) is 22.9. The molecule has 0 N–H and O–H groups in total. The number of rotatable bonds is 25. The van der Waals surface area contributed by atoms with Crippen LogP contribution >= 0.6 is 0 Å². The number of hydrogen-bond acceptors (Lipinski definition) is 3. The summed E-state index contributed by atoms with van der Waals surface area (Å²) in [6.45, 7) is 4.56. The minimum atomic E-state index is -4.05. The maximum atomic E-state index is 14.0. The van der Waals surface area contributed by atoms with E-state index in [0.717, 1.165) is 32.1 Å². The molecule has 0 aromatic heterocycles. The first-order valence-corrected chi connectivity index (χ1v) is 15.0. The average molecular weight is 473 g/mol. The van der Waals surface area contributed by atoms with E-state index in [1.54, 1.807) is 0 Å². The van der Waals surface area contributed by atoms with Crippen LogP contribution in [0.25, 0.3) is 0 Å². The molecule has 0 rings (SSSR count). The third-order valence-electron chi connectivity index (χ3n) is 6.09. The van der Waals surface area contributed by atoms with E-state index >= 15 is 0 Å². The van der Waals surface area contributed by atoms with Crippen molar-refractivity contribution in [2.24, 2.45) is 0 Å². The van der Waals surface area contributed by atoms with Crippen molar-refractivity contribution in [2.45, 2.75) is 161 Å². The van der Waals surface area contributed by atoms with Crippen LogP contribution in [0.3, 0.4) is 0 Å². The molecule has 0 bridgehead atoms. The Morgan fingerprint density at radius 1 is 0.594 bits per heavy atom. The van der Waals surface area contributed by atoms with Gasteiger partial charge in [-0.2, -0.15) is 8.42 Å². The Morgan fingerprint density at radius 3 is 1.28 bits per heavy atom. The van der Waals surface area contributed by atoms with Crippen LogP contribution in [0.4, 0.5) is 4.39 Å². The second-order valence-corrected chi connectivity index (χ2v) is 11.0. The molecular formula is C26H54FLiO3S. The predicted molar refractivity (Wildman–Crippen MR) is 134 cm³/mol. The second-order valence-electron chi connectivity index (χ2n) is 9.23. The van der Waals surface area contributed by atoms with Crippen LogP contribution in [0.15, 0.2) is 0 Å². The van der Waals surface area contributed by atoms with Gasteiger partial charge in [0.25, 0.3) is 10.1 Å². The molecule has 0 saturated carbocycles. The number of unbranched alkanes of at least 4 members (excludes halogenated alkanes) is 19. The van der Waals surface area contributed by atoms with Crippen LogP contribution in [0, 0.1) is 0 Å². The summed E-state index contributed by atoms with van der Waals surface area (Å²) < 4.78 is 42.6. The maximum absolute atomic E-state index is 14.0. The second kappa shape index (κ2) is 26.0. The van der Waals surface area contributed by atoms with Gasteiger partial charge in [-0.3, -0.25) is 4.18 Å². The van der Waals surface area contributed by atoms with E-state index in [-0.39, 0.29) is 33.3 Å². The Balaban J connectivity index is -0.00000450. The smallest absolute Gasteiger partial charge is 1.00 e. The Kier molecular flexibility index (Phi) is 28.2. The Hall–Kier alpha value is 0.437. The number of halogens is 1. The van der Waals surface area contributed by atoms with Gasteiger partial charge in [-0.05, 0) is 19.3 Å². The molecule has 0 aromatic carbocycles. The molecule has 32 heavy (non-hydrogen) atoms. The fourth-order valence-electron chi connectivity index (χ4n) is 3.95. The molecule has 0 aromatic rings. The van der Waals surface area contributed by atoms with Crippen molar-refractivity contribution in [1.29, 1.82) is 0 Å². The SMILES string of the molecule is CCCCCCCCCCCCCCCCOS(=O)(=O)C(F)CCCCCCCCC.[H-].[Li+]. The van der Waals surface area contributed by atoms with Gasteiger partial charge in [0.1, 0.15) is 0 Å². The Morgan fingerprint density at radius 2 is 0.906 bits per heavy atom. The molecule has 0 amide bonds. The van der Waals surface area contributed by atoms with Crippen LogP contribution in [0.1, 0.15) is 157 Å². The zero-order chi connectivity index (χ0) is 23.0. The number of hydrogen-bond donors (Lipinski definition) is 0. The Bertz CT molecular complexity index is 466. The molecule has 1 atom stereocenters. The minimum Gasteiger partial charge on any atom is -1.00 e. The molecule has 1 unspecified atom stereocenters. The standard InChI is InChI=1S/C26H53FO3S.Li.H/c1-3-5-7-9-11-12-13-14-15-16-17-19-21-23-25-30-31(28,29)26(27)24-22-20-18-10-8-6-4-2;;/h26H,3-25H2,1-2H3;;/q;+1;-1. The first-order valence-electron chi connectivity index (χ1n) is 13.6. The summed E-state index contributed by atoms with van der Waals surface area (Å²) in [4.78, 5) is 0. The molecule has 0 spiro atoms. The van der Waals surface area contributed by atoms with Crippen molar-refractivity contribution in [3.63, 3.8) is 0 Å². The van der Waals surface area contributed by atoms with E-state index < -0.39 is 15.6 Å². The summed E-state index contributed by atoms with van der Waals surface area (Å²) in [6.07, 6.45) is 25.0. The molecule has 0 heterocycles. The van der Waals surface area contributed by atoms with Gasteiger partial charge in [-0.25, -0.2) is 4.39 Å². The van der Waals surface area contributed by atoms with Gasteiger partial charge >= 0.3 is 18.9 Å². The maximum Gasteiger partial charge on any atom is 1.00 e. The zero-order valence-corrected chi connectivity index (χ0v) is 22.7. The van der Waals surface area contributed by atoms with Crippen molar-refractivity contribution < 1.29 is 37.3 Å². The van der Waals surface area contributed by atoms with Crippen LogP contribution in [0.5, 0.6) is 0 Å². The van der Waals surface area contributed by atoms with E-state index in [1.165, 1.54) is 89.9 Å². The van der Waals surface area contributed by atoms with E-state index in [9.17, 15) is 12.8 Å². The number of alkyl halides is 1. The van der Waals surface area contributed by atoms with Crippen molar-refractivity contribution in [2.75, 3.05) is 6.61 Å². The monoisotopic (exact) mass is 472 g/mol. The van der Waals surface area contributed by atoms with E-state index in [1.807, 2.05) is 0 Å². The van der Waals surface area contributed by atoms with Crippen molar-refractivity contribution in [1.82, 2.24) is 0 Å². The van der Waals surface area contributed by atoms with Crippen LogP contribution < -0.4 is 18.9 Å². The summed E-state index contributed by atoms with van der Waals surface area (Å²) >= 11 is 0. The summed E-state index contributed by atoms with van der Waals surface area (Å²) in [5.41, 5.74) is -1.87. The molecule has 0 aliphatic carbocycles. The molecule has 0 aliphatic rings. The molecule has 0 saturated heterocycles. The fourth-order valence-corrected chi connectivity index (χ4v) is 4.90. The van der Waals surface area contributed by atoms with Crippen molar-refractivity contribution in [3.8, 4) is 0 Å². The van der Waals surface area contributed by atoms with E-state index in [0.29, 0.717) is 12.8 Å². The van der Waals surface area contributed by atoms with Crippen LogP contribution in [0.2, 0.25) is 0 Å². The topological polar surface area (TPSA) is 43.4 Å². The largest absolute Gasteiger partial charge is 1.00 e. The van der Waals surface area contributed by atoms with Gasteiger partial charge in [-0.15, -0.1) is 0 Å². The van der Waals surface area contributed by atoms with Crippen molar-refractivity contribution >= 4 is 10.1 Å². The van der Waals surface area contributed by atoms with Gasteiger partial charge in [-0.1, -0.05) is 136 Å². The summed E-state index contributed by atoms with van der Waals surface area (Å²) in [5.74, 6) is 0. The average Bonchev–Trinajstić information content (AvgIpc) is 2.75. The van der Waals surface area contributed by atoms with Crippen molar-refractivity contribution in [3.05, 3.63) is 0 Å². The quantitative estimate of drug-likeness (QED) is 0.0881. The summed E-state index contributed by atoms with van der Waals surface area (Å²) in [7, 11) is -4.05. The van der Waals surface area contributed by atoms with Gasteiger partial charge in [0.05, 0.1) is 6.61 Å². The van der Waals surface area contributed by atoms with Gasteiger partial charge in [0, 0.05) is 0 Å². The third-order valence-corrected chi connectivity index (χ3v) is 7.45. The van der Waals surface area contributed by atoms with E-state index in [4.69, 9.17) is 4.18 Å². The molecule has 0 aliphatic heterocycles. The summed E-state index contributed by atoms with van der Waals surface area (Å²) in [5, 5.41) is 0. The van der Waals surface area contributed by atoms with Gasteiger partial charge in [0.2, 0.25) is 5.50 Å². The molecule has 190 valence electrons. The van der Waals surface area contributed by atoms with Crippen LogP contribution in [-0.2, 0) is 14.3 Å². The molecular weight excluding hydrogens is 418 g/mol. The molecule has 3 nitrogen and oxygen atoms in total. The molecule has 0 radical (unpaired) electrons. The van der Waals surface area contributed by atoms with Crippen LogP contribution in [-0.4, -0.2) is 20.5 Å². The normalized spacial score (nSPS) is 12.6. The summed E-state index contributed by atoms with van der Waals surface area (Å²) in [6, 6.07) is 0. The van der Waals surface area contributed by atoms with E-state index in [2.05, 4.69) is 13.8 Å². The molecule has 0 fully saturated rings. The predicted octanol–water partition coefficient (Wildman–Crippen LogP) is 6.37. The Labute approximate surface area is 214 Å². The minimum absolute atomic E-state index is 0.